The summed E-state index contributed by atoms with van der Waals surface area (Å²) in [6.07, 6.45) is 5.00. The lowest BCUT2D eigenvalue weighted by Crippen LogP contribution is -2.39. The van der Waals surface area contributed by atoms with E-state index in [1.165, 1.54) is 36.9 Å². The summed E-state index contributed by atoms with van der Waals surface area (Å²) >= 11 is 0. The second kappa shape index (κ2) is 9.10. The molecule has 0 radical (unpaired) electrons. The lowest BCUT2D eigenvalue weighted by molar-refractivity contribution is 0.0762. The van der Waals surface area contributed by atoms with Crippen LogP contribution in [0.4, 0.5) is 14.9 Å². The van der Waals surface area contributed by atoms with Crippen molar-refractivity contribution in [3.05, 3.63) is 54.4 Å². The third kappa shape index (κ3) is 4.89. The summed E-state index contributed by atoms with van der Waals surface area (Å²) in [7, 11) is 0. The number of anilines is 1. The molecule has 2 heterocycles. The van der Waals surface area contributed by atoms with Gasteiger partial charge in [0.25, 0.3) is 5.91 Å². The molecule has 1 aliphatic rings. The van der Waals surface area contributed by atoms with Crippen molar-refractivity contribution in [2.24, 2.45) is 0 Å². The Bertz CT molecular complexity index is 762. The molecule has 1 aromatic heterocycles. The molecule has 0 atom stereocenters. The molecule has 1 fully saturated rings. The minimum atomic E-state index is -0.407. The van der Waals surface area contributed by atoms with Crippen LogP contribution < -0.4 is 5.32 Å². The minimum Gasteiger partial charge on any atom is -0.337 e. The van der Waals surface area contributed by atoms with Crippen molar-refractivity contribution in [2.75, 3.05) is 31.5 Å². The Morgan fingerprint density at radius 1 is 1.04 bits per heavy atom. The van der Waals surface area contributed by atoms with Gasteiger partial charge in [0, 0.05) is 44.3 Å². The number of hydrogen-bond acceptors (Lipinski definition) is 4. The predicted molar refractivity (Wildman–Crippen MR) is 96.8 cm³/mol. The monoisotopic (exact) mass is 379 g/mol. The number of carbonyl (C=O) groups excluding carboxylic acids is 2. The third-order valence-electron chi connectivity index (χ3n) is 3.95. The number of rotatable bonds is 2. The summed E-state index contributed by atoms with van der Waals surface area (Å²) in [4.78, 5) is 35.8. The fourth-order valence-electron chi connectivity index (χ4n) is 2.68. The number of nitrogens with one attached hydrogen (secondary N) is 1. The van der Waals surface area contributed by atoms with Crippen molar-refractivity contribution >= 4 is 30.0 Å². The Morgan fingerprint density at radius 2 is 1.73 bits per heavy atom. The lowest BCUT2D eigenvalue weighted by atomic mass is 10.3. The molecule has 1 N–H and O–H groups in total. The summed E-state index contributed by atoms with van der Waals surface area (Å²) in [5, 5.41) is 2.68. The van der Waals surface area contributed by atoms with Crippen LogP contribution in [0, 0.1) is 5.82 Å². The summed E-state index contributed by atoms with van der Waals surface area (Å²) in [5.74, 6) is -0.552. The van der Waals surface area contributed by atoms with Gasteiger partial charge < -0.3 is 15.1 Å². The van der Waals surface area contributed by atoms with Gasteiger partial charge in [-0.3, -0.25) is 4.79 Å². The first-order chi connectivity index (χ1) is 12.1. The van der Waals surface area contributed by atoms with E-state index in [4.69, 9.17) is 0 Å². The molecule has 3 amide bonds. The fraction of sp³-hybridized carbons (Fsp3) is 0.294. The van der Waals surface area contributed by atoms with Crippen LogP contribution in [0.2, 0.25) is 0 Å². The number of amides is 3. The van der Waals surface area contributed by atoms with Gasteiger partial charge in [-0.2, -0.15) is 0 Å². The summed E-state index contributed by atoms with van der Waals surface area (Å²) in [6.45, 7) is 1.90. The number of benzene rings is 1. The zero-order valence-electron chi connectivity index (χ0n) is 14.0. The van der Waals surface area contributed by atoms with Crippen molar-refractivity contribution in [3.8, 4) is 0 Å². The Labute approximate surface area is 156 Å². The van der Waals surface area contributed by atoms with E-state index in [1.54, 1.807) is 15.9 Å². The van der Waals surface area contributed by atoms with Gasteiger partial charge in [-0.25, -0.2) is 19.2 Å². The highest BCUT2D eigenvalue weighted by atomic mass is 35.5. The zero-order chi connectivity index (χ0) is 17.6. The van der Waals surface area contributed by atoms with Gasteiger partial charge in [0.2, 0.25) is 0 Å². The second-order valence-electron chi connectivity index (χ2n) is 5.70. The molecule has 26 heavy (non-hydrogen) atoms. The molecule has 3 rings (SSSR count). The smallest absolute Gasteiger partial charge is 0.321 e. The van der Waals surface area contributed by atoms with Crippen molar-refractivity contribution in [1.29, 1.82) is 0 Å². The molecule has 2 aromatic rings. The maximum Gasteiger partial charge on any atom is 0.321 e. The molecule has 7 nitrogen and oxygen atoms in total. The van der Waals surface area contributed by atoms with Crippen LogP contribution >= 0.6 is 12.4 Å². The molecule has 1 aliphatic heterocycles. The fourth-order valence-corrected chi connectivity index (χ4v) is 2.68. The predicted octanol–water partition coefficient (Wildman–Crippen LogP) is 2.42. The van der Waals surface area contributed by atoms with Crippen LogP contribution in [0.25, 0.3) is 0 Å². The molecular weight excluding hydrogens is 361 g/mol. The number of carbonyl (C=O) groups is 2. The van der Waals surface area contributed by atoms with E-state index in [-0.39, 0.29) is 24.3 Å². The van der Waals surface area contributed by atoms with Gasteiger partial charge >= 0.3 is 6.03 Å². The van der Waals surface area contributed by atoms with Crippen LogP contribution in [-0.2, 0) is 0 Å². The quantitative estimate of drug-likeness (QED) is 0.869. The van der Waals surface area contributed by atoms with Gasteiger partial charge in [-0.1, -0.05) is 6.07 Å². The van der Waals surface area contributed by atoms with Gasteiger partial charge in [0.1, 0.15) is 12.1 Å². The van der Waals surface area contributed by atoms with Gasteiger partial charge in [0.15, 0.2) is 0 Å². The Kier molecular flexibility index (Phi) is 6.85. The summed E-state index contributed by atoms with van der Waals surface area (Å²) in [5.41, 5.74) is 0.837. The first-order valence-electron chi connectivity index (χ1n) is 7.99. The van der Waals surface area contributed by atoms with Crippen molar-refractivity contribution < 1.29 is 14.0 Å². The van der Waals surface area contributed by atoms with Crippen LogP contribution in [0.1, 0.15) is 16.8 Å². The van der Waals surface area contributed by atoms with Crippen LogP contribution in [0.5, 0.6) is 0 Å². The van der Waals surface area contributed by atoms with E-state index in [1.807, 2.05) is 0 Å². The SMILES string of the molecule is Cl.O=C(Nc1cccc(F)c1)N1CCCN(C(=O)c2cncnc2)CC1. The Balaban J connectivity index is 0.00000243. The maximum absolute atomic E-state index is 13.2. The molecular formula is C17H19ClFN5O2. The zero-order valence-corrected chi connectivity index (χ0v) is 14.8. The maximum atomic E-state index is 13.2. The number of nitrogens with zero attached hydrogens (tertiary/aromatic N) is 4. The minimum absolute atomic E-state index is 0. The summed E-state index contributed by atoms with van der Waals surface area (Å²) < 4.78 is 13.2. The van der Waals surface area contributed by atoms with Crippen LogP contribution in [0.15, 0.2) is 43.0 Å². The normalized spacial score (nSPS) is 14.2. The molecule has 1 aromatic carbocycles. The first-order valence-corrected chi connectivity index (χ1v) is 7.99. The van der Waals surface area contributed by atoms with Crippen molar-refractivity contribution in [3.63, 3.8) is 0 Å². The molecule has 1 saturated heterocycles. The van der Waals surface area contributed by atoms with E-state index in [9.17, 15) is 14.0 Å². The summed E-state index contributed by atoms with van der Waals surface area (Å²) in [6, 6.07) is 5.45. The number of halogens is 2. The average molecular weight is 380 g/mol. The molecule has 0 saturated carbocycles. The van der Waals surface area contributed by atoms with Crippen LogP contribution in [0.3, 0.4) is 0 Å². The third-order valence-corrected chi connectivity index (χ3v) is 3.95. The molecule has 0 bridgehead atoms. The van der Waals surface area contributed by atoms with Crippen molar-refractivity contribution in [1.82, 2.24) is 19.8 Å². The lowest BCUT2D eigenvalue weighted by Gasteiger charge is -2.22. The molecule has 138 valence electrons. The Morgan fingerprint density at radius 3 is 2.46 bits per heavy atom. The second-order valence-corrected chi connectivity index (χ2v) is 5.70. The largest absolute Gasteiger partial charge is 0.337 e. The van der Waals surface area contributed by atoms with Crippen LogP contribution in [-0.4, -0.2) is 57.9 Å². The average Bonchev–Trinajstić information content (AvgIpc) is 2.88. The first kappa shape index (κ1) is 19.6. The highest BCUT2D eigenvalue weighted by molar-refractivity contribution is 5.94. The Hall–Kier alpha value is -2.74. The topological polar surface area (TPSA) is 78.4 Å². The highest BCUT2D eigenvalue weighted by Crippen LogP contribution is 2.12. The van der Waals surface area contributed by atoms with E-state index in [0.717, 1.165) is 0 Å². The van der Waals surface area contributed by atoms with E-state index in [2.05, 4.69) is 15.3 Å². The van der Waals surface area contributed by atoms with Crippen molar-refractivity contribution in [2.45, 2.75) is 6.42 Å². The number of urea groups is 1. The highest BCUT2D eigenvalue weighted by Gasteiger charge is 2.23. The number of hydrogen-bond donors (Lipinski definition) is 1. The van der Waals surface area contributed by atoms with Gasteiger partial charge in [-0.15, -0.1) is 12.4 Å². The standard InChI is InChI=1S/C17H18FN5O2.ClH/c18-14-3-1-4-15(9-14)21-17(25)23-6-2-5-22(7-8-23)16(24)13-10-19-12-20-11-13;/h1,3-4,9-12H,2,5-8H2,(H,21,25);1H. The molecule has 0 spiro atoms. The van der Waals surface area contributed by atoms with E-state index < -0.39 is 5.82 Å². The molecule has 0 unspecified atom stereocenters. The molecule has 9 heteroatoms. The molecule has 0 aliphatic carbocycles. The van der Waals surface area contributed by atoms with Gasteiger partial charge in [0.05, 0.1) is 5.56 Å². The van der Waals surface area contributed by atoms with E-state index >= 15 is 0 Å². The number of aromatic nitrogens is 2. The van der Waals surface area contributed by atoms with E-state index in [0.29, 0.717) is 43.9 Å². The van der Waals surface area contributed by atoms with Gasteiger partial charge in [-0.05, 0) is 24.6 Å².